The molecule has 2 unspecified atom stereocenters. The zero-order valence-electron chi connectivity index (χ0n) is 10.8. The highest BCUT2D eigenvalue weighted by Crippen LogP contribution is 2.22. The molecule has 4 nitrogen and oxygen atoms in total. The Bertz CT molecular complexity index is 422. The minimum Gasteiger partial charge on any atom is -0.475 e. The van der Waals surface area contributed by atoms with Crippen molar-refractivity contribution in [1.29, 1.82) is 0 Å². The van der Waals surface area contributed by atoms with Crippen molar-refractivity contribution in [3.05, 3.63) is 23.4 Å². The third-order valence-electron chi connectivity index (χ3n) is 3.55. The maximum absolute atomic E-state index is 5.79. The first kappa shape index (κ1) is 11.9. The van der Waals surface area contributed by atoms with Gasteiger partial charge in [-0.1, -0.05) is 6.07 Å². The van der Waals surface area contributed by atoms with Crippen molar-refractivity contribution in [2.45, 2.75) is 38.4 Å². The average Bonchev–Trinajstić information content (AvgIpc) is 2.84. The van der Waals surface area contributed by atoms with Crippen LogP contribution >= 0.6 is 0 Å². The van der Waals surface area contributed by atoms with Crippen LogP contribution in [0, 0.1) is 0 Å². The molecule has 2 aliphatic rings. The summed E-state index contributed by atoms with van der Waals surface area (Å²) in [6.07, 6.45) is 3.86. The Morgan fingerprint density at radius 2 is 2.33 bits per heavy atom. The lowest BCUT2D eigenvalue weighted by Gasteiger charge is -2.28. The molecular formula is C14H20N2O2. The molecule has 1 saturated heterocycles. The van der Waals surface area contributed by atoms with E-state index < -0.39 is 0 Å². The standard InChI is InChI=1S/C14H20N2O2/c1-10-7-15-8-12(18-10)9-17-14-6-5-11-3-2-4-13(11)16-14/h5-6,10,12,15H,2-4,7-9H2,1H3. The van der Waals surface area contributed by atoms with Gasteiger partial charge in [-0.15, -0.1) is 0 Å². The summed E-state index contributed by atoms with van der Waals surface area (Å²) in [4.78, 5) is 4.56. The van der Waals surface area contributed by atoms with Crippen LogP contribution in [0.3, 0.4) is 0 Å². The van der Waals surface area contributed by atoms with Gasteiger partial charge in [0.05, 0.1) is 6.10 Å². The summed E-state index contributed by atoms with van der Waals surface area (Å²) in [7, 11) is 0. The van der Waals surface area contributed by atoms with E-state index in [0.717, 1.165) is 31.8 Å². The molecule has 1 N–H and O–H groups in total. The molecule has 0 spiro atoms. The largest absolute Gasteiger partial charge is 0.475 e. The Morgan fingerprint density at radius 1 is 1.39 bits per heavy atom. The number of nitrogens with zero attached hydrogens (tertiary/aromatic N) is 1. The fourth-order valence-electron chi connectivity index (χ4n) is 2.63. The fourth-order valence-corrected chi connectivity index (χ4v) is 2.63. The third-order valence-corrected chi connectivity index (χ3v) is 3.55. The Balaban J connectivity index is 1.56. The molecule has 0 aromatic carbocycles. The molecule has 1 aromatic rings. The van der Waals surface area contributed by atoms with Crippen LogP contribution in [0.15, 0.2) is 12.1 Å². The first-order valence-corrected chi connectivity index (χ1v) is 6.79. The molecule has 1 aromatic heterocycles. The molecule has 18 heavy (non-hydrogen) atoms. The minimum atomic E-state index is 0.129. The highest BCUT2D eigenvalue weighted by atomic mass is 16.5. The van der Waals surface area contributed by atoms with Crippen LogP contribution in [0.2, 0.25) is 0 Å². The third kappa shape index (κ3) is 2.65. The van der Waals surface area contributed by atoms with Crippen LogP contribution in [0.1, 0.15) is 24.6 Å². The number of pyridine rings is 1. The number of morpholine rings is 1. The van der Waals surface area contributed by atoms with E-state index in [2.05, 4.69) is 23.3 Å². The topological polar surface area (TPSA) is 43.4 Å². The maximum atomic E-state index is 5.79. The summed E-state index contributed by atoms with van der Waals surface area (Å²) in [5, 5.41) is 3.34. The van der Waals surface area contributed by atoms with Crippen LogP contribution in [-0.4, -0.2) is 36.9 Å². The Morgan fingerprint density at radius 3 is 3.22 bits per heavy atom. The van der Waals surface area contributed by atoms with Gasteiger partial charge in [0, 0.05) is 24.8 Å². The number of hydrogen-bond donors (Lipinski definition) is 1. The molecule has 3 rings (SSSR count). The van der Waals surface area contributed by atoms with Gasteiger partial charge >= 0.3 is 0 Å². The van der Waals surface area contributed by atoms with E-state index in [1.807, 2.05) is 6.07 Å². The Hall–Kier alpha value is -1.13. The molecule has 1 fully saturated rings. The van der Waals surface area contributed by atoms with E-state index in [1.54, 1.807) is 0 Å². The predicted molar refractivity (Wildman–Crippen MR) is 69.0 cm³/mol. The van der Waals surface area contributed by atoms with Gasteiger partial charge in [-0.25, -0.2) is 4.98 Å². The molecule has 0 amide bonds. The number of aryl methyl sites for hydroxylation is 2. The summed E-state index contributed by atoms with van der Waals surface area (Å²) in [6, 6.07) is 4.12. The van der Waals surface area contributed by atoms with Gasteiger partial charge in [0.1, 0.15) is 12.7 Å². The number of aromatic nitrogens is 1. The Labute approximate surface area is 108 Å². The smallest absolute Gasteiger partial charge is 0.213 e. The highest BCUT2D eigenvalue weighted by Gasteiger charge is 2.20. The van der Waals surface area contributed by atoms with E-state index in [0.29, 0.717) is 6.61 Å². The number of ether oxygens (including phenoxy) is 2. The summed E-state index contributed by atoms with van der Waals surface area (Å²) >= 11 is 0. The SMILES string of the molecule is CC1CNCC(COc2ccc3c(n2)CCC3)O1. The van der Waals surface area contributed by atoms with Gasteiger partial charge in [-0.05, 0) is 31.7 Å². The van der Waals surface area contributed by atoms with Crippen LogP contribution in [0.5, 0.6) is 5.88 Å². The van der Waals surface area contributed by atoms with Crippen LogP contribution < -0.4 is 10.1 Å². The van der Waals surface area contributed by atoms with Gasteiger partial charge in [0.15, 0.2) is 0 Å². The first-order chi connectivity index (χ1) is 8.81. The van der Waals surface area contributed by atoms with Crippen molar-refractivity contribution < 1.29 is 9.47 Å². The van der Waals surface area contributed by atoms with Crippen molar-refractivity contribution in [3.63, 3.8) is 0 Å². The van der Waals surface area contributed by atoms with E-state index in [-0.39, 0.29) is 12.2 Å². The maximum Gasteiger partial charge on any atom is 0.213 e. The lowest BCUT2D eigenvalue weighted by Crippen LogP contribution is -2.45. The molecule has 4 heteroatoms. The van der Waals surface area contributed by atoms with Gasteiger partial charge in [0.2, 0.25) is 5.88 Å². The number of fused-ring (bicyclic) bond motifs is 1. The second-order valence-corrected chi connectivity index (χ2v) is 5.15. The second kappa shape index (κ2) is 5.24. The molecule has 1 aliphatic carbocycles. The lowest BCUT2D eigenvalue weighted by molar-refractivity contribution is -0.0476. The molecule has 0 saturated carbocycles. The molecule has 1 aliphatic heterocycles. The number of nitrogens with one attached hydrogen (secondary N) is 1. The molecular weight excluding hydrogens is 228 g/mol. The normalized spacial score (nSPS) is 26.9. The lowest BCUT2D eigenvalue weighted by atomic mass is 10.2. The van der Waals surface area contributed by atoms with E-state index in [4.69, 9.17) is 9.47 Å². The van der Waals surface area contributed by atoms with E-state index in [1.165, 1.54) is 17.7 Å². The van der Waals surface area contributed by atoms with Crippen molar-refractivity contribution in [1.82, 2.24) is 10.3 Å². The molecule has 2 heterocycles. The van der Waals surface area contributed by atoms with Gasteiger partial charge in [-0.3, -0.25) is 0 Å². The van der Waals surface area contributed by atoms with Crippen molar-refractivity contribution in [3.8, 4) is 5.88 Å². The fraction of sp³-hybridized carbons (Fsp3) is 0.643. The quantitative estimate of drug-likeness (QED) is 0.876. The summed E-state index contributed by atoms with van der Waals surface area (Å²) < 4.78 is 11.5. The number of rotatable bonds is 3. The minimum absolute atomic E-state index is 0.129. The summed E-state index contributed by atoms with van der Waals surface area (Å²) in [5.41, 5.74) is 2.59. The van der Waals surface area contributed by atoms with E-state index in [9.17, 15) is 0 Å². The van der Waals surface area contributed by atoms with Crippen molar-refractivity contribution >= 4 is 0 Å². The van der Waals surface area contributed by atoms with Crippen molar-refractivity contribution in [2.24, 2.45) is 0 Å². The first-order valence-electron chi connectivity index (χ1n) is 6.79. The molecule has 0 bridgehead atoms. The van der Waals surface area contributed by atoms with Crippen LogP contribution in [-0.2, 0) is 17.6 Å². The van der Waals surface area contributed by atoms with Gasteiger partial charge in [0.25, 0.3) is 0 Å². The Kier molecular flexibility index (Phi) is 3.48. The predicted octanol–water partition coefficient (Wildman–Crippen LogP) is 1.33. The zero-order valence-corrected chi connectivity index (χ0v) is 10.8. The average molecular weight is 248 g/mol. The summed E-state index contributed by atoms with van der Waals surface area (Å²) in [6.45, 7) is 4.43. The highest BCUT2D eigenvalue weighted by molar-refractivity contribution is 5.29. The molecule has 0 radical (unpaired) electrons. The van der Waals surface area contributed by atoms with E-state index >= 15 is 0 Å². The monoisotopic (exact) mass is 248 g/mol. The summed E-state index contributed by atoms with van der Waals surface area (Å²) in [5.74, 6) is 0.734. The zero-order chi connectivity index (χ0) is 12.4. The second-order valence-electron chi connectivity index (χ2n) is 5.15. The number of hydrogen-bond acceptors (Lipinski definition) is 4. The molecule has 98 valence electrons. The van der Waals surface area contributed by atoms with Crippen molar-refractivity contribution in [2.75, 3.05) is 19.7 Å². The van der Waals surface area contributed by atoms with Gasteiger partial charge in [-0.2, -0.15) is 0 Å². The molecule has 2 atom stereocenters. The van der Waals surface area contributed by atoms with Crippen LogP contribution in [0.25, 0.3) is 0 Å². The van der Waals surface area contributed by atoms with Crippen LogP contribution in [0.4, 0.5) is 0 Å². The van der Waals surface area contributed by atoms with Gasteiger partial charge < -0.3 is 14.8 Å².